The second-order valence-corrected chi connectivity index (χ2v) is 9.94. The van der Waals surface area contributed by atoms with Crippen LogP contribution in [0.2, 0.25) is 5.02 Å². The summed E-state index contributed by atoms with van der Waals surface area (Å²) in [5, 5.41) is 16.9. The lowest BCUT2D eigenvalue weighted by molar-refractivity contribution is -0.109. The van der Waals surface area contributed by atoms with Gasteiger partial charge in [-0.2, -0.15) is 0 Å². The highest BCUT2D eigenvalue weighted by atomic mass is 35.5. The van der Waals surface area contributed by atoms with Crippen LogP contribution in [0.1, 0.15) is 29.2 Å². The number of fused-ring (bicyclic) bond motifs is 3. The number of nitrogens with zero attached hydrogens (tertiary/aromatic N) is 4. The van der Waals surface area contributed by atoms with Crippen LogP contribution in [0, 0.1) is 11.6 Å². The van der Waals surface area contributed by atoms with Gasteiger partial charge in [-0.3, -0.25) is 9.98 Å². The maximum absolute atomic E-state index is 14.8. The van der Waals surface area contributed by atoms with E-state index in [1.54, 1.807) is 24.4 Å². The highest BCUT2D eigenvalue weighted by Gasteiger charge is 2.27. The number of benzene rings is 3. The van der Waals surface area contributed by atoms with Gasteiger partial charge in [-0.05, 0) is 55.5 Å². The van der Waals surface area contributed by atoms with Crippen LogP contribution in [-0.2, 0) is 11.3 Å². The molecule has 0 spiro atoms. The molecule has 41 heavy (non-hydrogen) atoms. The summed E-state index contributed by atoms with van der Waals surface area (Å²) in [4.78, 5) is 18.3. The van der Waals surface area contributed by atoms with E-state index in [0.717, 1.165) is 11.3 Å². The average molecular weight is 575 g/mol. The Balaban J connectivity index is 1.27. The molecule has 2 atom stereocenters. The van der Waals surface area contributed by atoms with Gasteiger partial charge in [0, 0.05) is 45.8 Å². The largest absolute Gasteiger partial charge is 0.366 e. The molecule has 0 aliphatic carbocycles. The molecule has 208 valence electrons. The molecule has 11 heteroatoms. The van der Waals surface area contributed by atoms with Crippen LogP contribution < -0.4 is 10.6 Å². The number of amidine groups is 1. The van der Waals surface area contributed by atoms with E-state index in [1.807, 2.05) is 31.2 Å². The Labute approximate surface area is 239 Å². The minimum Gasteiger partial charge on any atom is -0.366 e. The molecule has 0 saturated heterocycles. The van der Waals surface area contributed by atoms with Gasteiger partial charge in [0.15, 0.2) is 6.29 Å². The summed E-state index contributed by atoms with van der Waals surface area (Å²) in [5.41, 5.74) is 3.97. The van der Waals surface area contributed by atoms with Gasteiger partial charge in [0.05, 0.1) is 36.1 Å². The Morgan fingerprint density at radius 3 is 2.61 bits per heavy atom. The standard InChI is InChI=1S/C30H25ClF2N6O2/c1-2-41-29(40)24-15-35-28(38-24)16-6-9-19(10-7-16)37-30-36-14-17-13-34-27(25-22(32)4-3-5-23(25)33)21-12-18(31)8-11-20(21)26(17)39-30/h3-12,14,24,29,40H,2,13,15H2,1H3,(H,35,38)(H,36,37,39). The van der Waals surface area contributed by atoms with Crippen molar-refractivity contribution in [3.8, 4) is 11.3 Å². The van der Waals surface area contributed by atoms with Crippen molar-refractivity contribution in [2.24, 2.45) is 9.98 Å². The molecule has 3 aromatic carbocycles. The van der Waals surface area contributed by atoms with E-state index in [4.69, 9.17) is 21.3 Å². The topological polar surface area (TPSA) is 104 Å². The fraction of sp³-hybridized carbons (Fsp3) is 0.200. The number of hydrogen-bond acceptors (Lipinski definition) is 8. The molecule has 1 aromatic heterocycles. The third kappa shape index (κ3) is 5.41. The van der Waals surface area contributed by atoms with Crippen molar-refractivity contribution in [2.45, 2.75) is 25.8 Å². The first-order chi connectivity index (χ1) is 19.9. The fourth-order valence-electron chi connectivity index (χ4n) is 4.84. The monoisotopic (exact) mass is 574 g/mol. The molecule has 6 rings (SSSR count). The number of nitrogens with one attached hydrogen (secondary N) is 2. The number of aliphatic hydroxyl groups excluding tert-OH is 1. The van der Waals surface area contributed by atoms with Crippen LogP contribution >= 0.6 is 11.6 Å². The first-order valence-corrected chi connectivity index (χ1v) is 13.4. The quantitative estimate of drug-likeness (QED) is 0.261. The zero-order valence-electron chi connectivity index (χ0n) is 21.9. The van der Waals surface area contributed by atoms with Gasteiger partial charge in [0.25, 0.3) is 0 Å². The molecule has 8 nitrogen and oxygen atoms in total. The number of ether oxygens (including phenoxy) is 1. The Morgan fingerprint density at radius 1 is 1.07 bits per heavy atom. The smallest absolute Gasteiger partial charge is 0.227 e. The van der Waals surface area contributed by atoms with Gasteiger partial charge in [-0.25, -0.2) is 18.7 Å². The van der Waals surface area contributed by atoms with E-state index >= 15 is 0 Å². The molecule has 3 N–H and O–H groups in total. The van der Waals surface area contributed by atoms with Gasteiger partial charge < -0.3 is 20.5 Å². The Hall–Kier alpha value is -4.25. The molecule has 0 saturated carbocycles. The number of aliphatic hydroxyl groups is 1. The van der Waals surface area contributed by atoms with Gasteiger partial charge in [-0.1, -0.05) is 23.7 Å². The van der Waals surface area contributed by atoms with Crippen LogP contribution in [0.4, 0.5) is 20.4 Å². The van der Waals surface area contributed by atoms with E-state index in [0.29, 0.717) is 52.3 Å². The third-order valence-corrected chi connectivity index (χ3v) is 7.06. The lowest BCUT2D eigenvalue weighted by atomic mass is 9.95. The minimum atomic E-state index is -0.930. The van der Waals surface area contributed by atoms with Crippen LogP contribution in [0.3, 0.4) is 0 Å². The predicted molar refractivity (Wildman–Crippen MR) is 154 cm³/mol. The minimum absolute atomic E-state index is 0.133. The van der Waals surface area contributed by atoms with Gasteiger partial charge in [-0.15, -0.1) is 0 Å². The summed E-state index contributed by atoms with van der Waals surface area (Å²) in [6.45, 7) is 2.79. The molecule has 2 unspecified atom stereocenters. The summed E-state index contributed by atoms with van der Waals surface area (Å²) in [7, 11) is 0. The molecule has 0 bridgehead atoms. The lowest BCUT2D eigenvalue weighted by Crippen LogP contribution is -2.42. The first-order valence-electron chi connectivity index (χ1n) is 13.0. The molecule has 0 radical (unpaired) electrons. The van der Waals surface area contributed by atoms with Crippen molar-refractivity contribution < 1.29 is 18.6 Å². The highest BCUT2D eigenvalue weighted by Crippen LogP contribution is 2.34. The SMILES string of the molecule is CCOC(O)C1CN=C(c2ccc(Nc3ncc4c(n3)-c3ccc(Cl)cc3C(c3c(F)cccc3F)=NC4)cc2)N1. The highest BCUT2D eigenvalue weighted by molar-refractivity contribution is 6.31. The Kier molecular flexibility index (Phi) is 7.44. The molecular weight excluding hydrogens is 550 g/mol. The second kappa shape index (κ2) is 11.3. The zero-order valence-corrected chi connectivity index (χ0v) is 22.7. The number of hydrogen-bond donors (Lipinski definition) is 3. The van der Waals surface area contributed by atoms with Crippen LogP contribution in [0.25, 0.3) is 11.3 Å². The van der Waals surface area contributed by atoms with Crippen LogP contribution in [0.5, 0.6) is 0 Å². The van der Waals surface area contributed by atoms with Gasteiger partial charge in [0.1, 0.15) is 17.5 Å². The third-order valence-electron chi connectivity index (χ3n) is 6.83. The summed E-state index contributed by atoms with van der Waals surface area (Å²) in [6, 6.07) is 16.1. The molecule has 4 aromatic rings. The van der Waals surface area contributed by atoms with Gasteiger partial charge >= 0.3 is 0 Å². The average Bonchev–Trinajstić information content (AvgIpc) is 3.41. The number of aromatic nitrogens is 2. The summed E-state index contributed by atoms with van der Waals surface area (Å²) < 4.78 is 34.8. The number of aliphatic imine (C=N–C) groups is 2. The molecule has 2 aliphatic heterocycles. The van der Waals surface area contributed by atoms with Crippen LogP contribution in [0.15, 0.2) is 76.8 Å². The molecule has 3 heterocycles. The van der Waals surface area contributed by atoms with Crippen molar-refractivity contribution >= 4 is 34.8 Å². The van der Waals surface area contributed by atoms with Crippen molar-refractivity contribution in [1.29, 1.82) is 0 Å². The van der Waals surface area contributed by atoms with Crippen molar-refractivity contribution in [3.63, 3.8) is 0 Å². The molecule has 0 amide bonds. The number of rotatable bonds is 7. The van der Waals surface area contributed by atoms with Gasteiger partial charge in [0.2, 0.25) is 5.95 Å². The molecule has 2 aliphatic rings. The maximum atomic E-state index is 14.8. The summed E-state index contributed by atoms with van der Waals surface area (Å²) in [6.07, 6.45) is 0.726. The maximum Gasteiger partial charge on any atom is 0.227 e. The van der Waals surface area contributed by atoms with Crippen LogP contribution in [-0.4, -0.2) is 52.1 Å². The summed E-state index contributed by atoms with van der Waals surface area (Å²) >= 11 is 6.31. The van der Waals surface area contributed by atoms with E-state index in [2.05, 4.69) is 25.6 Å². The fourth-order valence-corrected chi connectivity index (χ4v) is 5.01. The first kappa shape index (κ1) is 26.9. The predicted octanol–water partition coefficient (Wildman–Crippen LogP) is 5.24. The van der Waals surface area contributed by atoms with E-state index in [-0.39, 0.29) is 23.9 Å². The van der Waals surface area contributed by atoms with Crippen molar-refractivity contribution in [1.82, 2.24) is 15.3 Å². The normalized spacial score (nSPS) is 16.6. The van der Waals surface area contributed by atoms with Crippen molar-refractivity contribution in [3.05, 3.63) is 106 Å². The van der Waals surface area contributed by atoms with E-state index in [9.17, 15) is 13.9 Å². The number of halogens is 3. The molecular formula is C30H25ClF2N6O2. The van der Waals surface area contributed by atoms with Crippen molar-refractivity contribution in [2.75, 3.05) is 18.5 Å². The zero-order chi connectivity index (χ0) is 28.5. The van der Waals surface area contributed by atoms with E-state index in [1.165, 1.54) is 18.2 Å². The summed E-state index contributed by atoms with van der Waals surface area (Å²) in [5.74, 6) is -0.400. The number of anilines is 2. The second-order valence-electron chi connectivity index (χ2n) is 9.51. The Morgan fingerprint density at radius 2 is 1.85 bits per heavy atom. The molecule has 0 fully saturated rings. The lowest BCUT2D eigenvalue weighted by Gasteiger charge is -2.18. The Bertz CT molecular complexity index is 1660. The van der Waals surface area contributed by atoms with E-state index < -0.39 is 17.9 Å².